The summed E-state index contributed by atoms with van der Waals surface area (Å²) in [4.78, 5) is 53.9. The van der Waals surface area contributed by atoms with E-state index in [4.69, 9.17) is 35.4 Å². The van der Waals surface area contributed by atoms with E-state index in [9.17, 15) is 54.2 Å². The molecule has 1 atom stereocenters. The Hall–Kier alpha value is -4.38. The van der Waals surface area contributed by atoms with Crippen molar-refractivity contribution in [2.45, 2.75) is 83.0 Å². The molecule has 1 aliphatic rings. The summed E-state index contributed by atoms with van der Waals surface area (Å²) in [6, 6.07) is 4.65. The number of unbranched alkanes of at least 4 members (excludes halogenated alkanes) is 1. The number of nitrogens with two attached hydrogens (primary N) is 1. The first-order chi connectivity index (χ1) is 24.4. The number of nitrogens with zero attached hydrogens (tertiary/aromatic N) is 1. The quantitative estimate of drug-likeness (QED) is 0.0947. The maximum absolute atomic E-state index is 12.9. The highest BCUT2D eigenvalue weighted by molar-refractivity contribution is 5.88. The lowest BCUT2D eigenvalue weighted by Gasteiger charge is -2.36. The van der Waals surface area contributed by atoms with Crippen LogP contribution in [0.1, 0.15) is 56.6 Å². The van der Waals surface area contributed by atoms with Crippen molar-refractivity contribution < 1.29 is 83.9 Å². The van der Waals surface area contributed by atoms with E-state index in [1.807, 2.05) is 13.0 Å². The van der Waals surface area contributed by atoms with Crippen LogP contribution in [0, 0.1) is 0 Å². The number of hydrogen-bond donors (Lipinski definition) is 8. The standard InChI is InChI=1S/C24H41N5O3.3C2HF3O2/c1-2-7-23(31)29-18-19-8-9-21(30)16-20(19)17-22(29)24(32)28-15-6-14-27-12-4-3-11-26-13-5-10-25;3*3-2(4,5)1(6)7/h8-9,16,22,26-27,30H,2-7,10-15,17-18,25H2,1H3,(H,28,32);3*(H,6,7). The van der Waals surface area contributed by atoms with E-state index in [1.54, 1.807) is 17.0 Å². The molecule has 0 fully saturated rings. The molecule has 14 nitrogen and oxygen atoms in total. The second-order valence-corrected chi connectivity index (χ2v) is 10.8. The number of hydrogen-bond acceptors (Lipinski definition) is 9. The molecule has 2 rings (SSSR count). The minimum atomic E-state index is -5.08. The Morgan fingerprint density at radius 3 is 1.58 bits per heavy atom. The van der Waals surface area contributed by atoms with Crippen molar-refractivity contribution in [3.05, 3.63) is 29.3 Å². The van der Waals surface area contributed by atoms with Crippen LogP contribution in [0.5, 0.6) is 5.75 Å². The first-order valence-electron chi connectivity index (χ1n) is 15.8. The van der Waals surface area contributed by atoms with Crippen molar-refractivity contribution in [1.29, 1.82) is 0 Å². The van der Waals surface area contributed by atoms with Crippen LogP contribution in [-0.2, 0) is 36.9 Å². The lowest BCUT2D eigenvalue weighted by molar-refractivity contribution is -0.193. The summed E-state index contributed by atoms with van der Waals surface area (Å²) in [6.07, 6.45) is -9.52. The number of phenols is 1. The molecule has 1 aromatic rings. The van der Waals surface area contributed by atoms with E-state index in [2.05, 4.69) is 16.0 Å². The van der Waals surface area contributed by atoms with Crippen LogP contribution in [0.25, 0.3) is 0 Å². The van der Waals surface area contributed by atoms with Gasteiger partial charge in [0.2, 0.25) is 11.8 Å². The number of fused-ring (bicyclic) bond motifs is 1. The van der Waals surface area contributed by atoms with E-state index in [-0.39, 0.29) is 17.6 Å². The van der Waals surface area contributed by atoms with Crippen LogP contribution >= 0.6 is 0 Å². The molecule has 0 bridgehead atoms. The molecule has 53 heavy (non-hydrogen) atoms. The molecule has 0 spiro atoms. The number of aromatic hydroxyl groups is 1. The summed E-state index contributed by atoms with van der Waals surface area (Å²) in [5.74, 6) is -8.20. The molecule has 0 aromatic heterocycles. The number of benzene rings is 1. The second kappa shape index (κ2) is 25.6. The Kier molecular flexibility index (Phi) is 24.5. The van der Waals surface area contributed by atoms with E-state index >= 15 is 0 Å². The van der Waals surface area contributed by atoms with Crippen LogP contribution < -0.4 is 21.7 Å². The molecule has 0 radical (unpaired) electrons. The summed E-state index contributed by atoms with van der Waals surface area (Å²) in [7, 11) is 0. The van der Waals surface area contributed by atoms with Gasteiger partial charge in [-0.15, -0.1) is 0 Å². The molecule has 2 amide bonds. The predicted octanol–water partition coefficient (Wildman–Crippen LogP) is 3.16. The highest BCUT2D eigenvalue weighted by Crippen LogP contribution is 2.27. The first-order valence-corrected chi connectivity index (χ1v) is 15.8. The normalized spacial score (nSPS) is 13.8. The summed E-state index contributed by atoms with van der Waals surface area (Å²) < 4.78 is 95.2. The molecule has 0 saturated heterocycles. The fourth-order valence-corrected chi connectivity index (χ4v) is 3.94. The Balaban J connectivity index is 0. The maximum Gasteiger partial charge on any atom is 0.490 e. The number of phenolic OH excluding ortho intramolecular Hbond substituents is 1. The van der Waals surface area contributed by atoms with Crippen molar-refractivity contribution in [1.82, 2.24) is 20.9 Å². The van der Waals surface area contributed by atoms with Gasteiger partial charge in [0.1, 0.15) is 11.8 Å². The van der Waals surface area contributed by atoms with Gasteiger partial charge in [0.25, 0.3) is 0 Å². The van der Waals surface area contributed by atoms with Gasteiger partial charge >= 0.3 is 36.4 Å². The number of carbonyl (C=O) groups excluding carboxylic acids is 2. The van der Waals surface area contributed by atoms with Gasteiger partial charge < -0.3 is 47.0 Å². The highest BCUT2D eigenvalue weighted by Gasteiger charge is 2.39. The largest absolute Gasteiger partial charge is 0.508 e. The third-order valence-corrected chi connectivity index (χ3v) is 6.48. The molecule has 306 valence electrons. The average Bonchev–Trinajstić information content (AvgIpc) is 3.04. The molecular weight excluding hydrogens is 745 g/mol. The molecular formula is C30H44F9N5O9. The van der Waals surface area contributed by atoms with Gasteiger partial charge in [0.05, 0.1) is 0 Å². The minimum absolute atomic E-state index is 0.00515. The third kappa shape index (κ3) is 24.5. The summed E-state index contributed by atoms with van der Waals surface area (Å²) in [5.41, 5.74) is 7.39. The van der Waals surface area contributed by atoms with Crippen LogP contribution in [0.3, 0.4) is 0 Å². The molecule has 1 aromatic carbocycles. The fourth-order valence-electron chi connectivity index (χ4n) is 3.94. The van der Waals surface area contributed by atoms with Crippen LogP contribution in [0.15, 0.2) is 18.2 Å². The summed E-state index contributed by atoms with van der Waals surface area (Å²) in [5, 5.41) is 41.0. The van der Waals surface area contributed by atoms with Crippen molar-refractivity contribution in [3.63, 3.8) is 0 Å². The van der Waals surface area contributed by atoms with Crippen molar-refractivity contribution in [2.24, 2.45) is 5.73 Å². The van der Waals surface area contributed by atoms with Gasteiger partial charge in [-0.1, -0.05) is 13.0 Å². The van der Waals surface area contributed by atoms with E-state index in [0.717, 1.165) is 76.0 Å². The van der Waals surface area contributed by atoms with E-state index in [1.165, 1.54) is 0 Å². The van der Waals surface area contributed by atoms with Crippen molar-refractivity contribution in [2.75, 3.05) is 39.3 Å². The molecule has 23 heteroatoms. The number of amides is 2. The number of carboxylic acid groups (broad SMARTS) is 3. The number of halogens is 9. The average molecular weight is 790 g/mol. The summed E-state index contributed by atoms with van der Waals surface area (Å²) >= 11 is 0. The Labute approximate surface area is 297 Å². The number of rotatable bonds is 15. The number of aliphatic carboxylic acids is 3. The monoisotopic (exact) mass is 789 g/mol. The second-order valence-electron chi connectivity index (χ2n) is 10.8. The molecule has 9 N–H and O–H groups in total. The van der Waals surface area contributed by atoms with Crippen molar-refractivity contribution in [3.8, 4) is 5.75 Å². The minimum Gasteiger partial charge on any atom is -0.508 e. The molecule has 1 heterocycles. The molecule has 0 aliphatic carbocycles. The topological polar surface area (TPSA) is 232 Å². The van der Waals surface area contributed by atoms with E-state index < -0.39 is 42.5 Å². The van der Waals surface area contributed by atoms with Gasteiger partial charge in [-0.25, -0.2) is 14.4 Å². The fraction of sp³-hybridized carbons (Fsp3) is 0.633. The summed E-state index contributed by atoms with van der Waals surface area (Å²) in [6.45, 7) is 7.51. The Bertz CT molecular complexity index is 1220. The number of carboxylic acids is 3. The van der Waals surface area contributed by atoms with E-state index in [0.29, 0.717) is 25.9 Å². The third-order valence-electron chi connectivity index (χ3n) is 6.48. The van der Waals surface area contributed by atoms with Gasteiger partial charge in [-0.3, -0.25) is 9.59 Å². The Morgan fingerprint density at radius 1 is 0.736 bits per heavy atom. The van der Waals surface area contributed by atoms with Gasteiger partial charge in [0.15, 0.2) is 0 Å². The first kappa shape index (κ1) is 50.7. The van der Waals surface area contributed by atoms with Crippen LogP contribution in [0.4, 0.5) is 39.5 Å². The number of carbonyl (C=O) groups is 5. The Morgan fingerprint density at radius 2 is 1.17 bits per heavy atom. The predicted molar refractivity (Wildman–Crippen MR) is 168 cm³/mol. The molecule has 1 unspecified atom stereocenters. The van der Waals surface area contributed by atoms with Gasteiger partial charge in [-0.05, 0) is 88.1 Å². The molecule has 0 saturated carbocycles. The van der Waals surface area contributed by atoms with Crippen molar-refractivity contribution >= 4 is 29.7 Å². The van der Waals surface area contributed by atoms with Crippen LogP contribution in [0.2, 0.25) is 0 Å². The van der Waals surface area contributed by atoms with Gasteiger partial charge in [0, 0.05) is 25.9 Å². The number of nitrogens with one attached hydrogen (secondary N) is 3. The zero-order chi connectivity index (χ0) is 41.4. The highest BCUT2D eigenvalue weighted by atomic mass is 19.4. The smallest absolute Gasteiger partial charge is 0.490 e. The zero-order valence-electron chi connectivity index (χ0n) is 28.5. The maximum atomic E-state index is 12.9. The SMILES string of the molecule is CCCC(=O)N1Cc2ccc(O)cc2CC1C(=O)NCCCNCCCCNCCCN.O=C(O)C(F)(F)F.O=C(O)C(F)(F)F.O=C(O)C(F)(F)F. The zero-order valence-corrected chi connectivity index (χ0v) is 28.5. The van der Waals surface area contributed by atoms with Gasteiger partial charge in [-0.2, -0.15) is 39.5 Å². The lowest BCUT2D eigenvalue weighted by atomic mass is 9.92. The van der Waals surface area contributed by atoms with Crippen LogP contribution in [-0.4, -0.2) is 119 Å². The molecule has 1 aliphatic heterocycles. The number of alkyl halides is 9. The lowest BCUT2D eigenvalue weighted by Crippen LogP contribution is -2.52.